The maximum absolute atomic E-state index is 13.1. The van der Waals surface area contributed by atoms with Gasteiger partial charge in [0, 0.05) is 6.04 Å². The van der Waals surface area contributed by atoms with Crippen molar-refractivity contribution in [1.82, 2.24) is 0 Å². The molecule has 0 spiro atoms. The summed E-state index contributed by atoms with van der Waals surface area (Å²) in [7, 11) is 0. The van der Waals surface area contributed by atoms with Gasteiger partial charge in [-0.25, -0.2) is 8.78 Å². The lowest BCUT2D eigenvalue weighted by Gasteiger charge is -2.07. The topological polar surface area (TPSA) is 46.2 Å². The highest BCUT2D eigenvalue weighted by Crippen LogP contribution is 2.23. The third kappa shape index (κ3) is 2.15. The van der Waals surface area contributed by atoms with Gasteiger partial charge in [-0.3, -0.25) is 0 Å². The number of halogens is 2. The zero-order chi connectivity index (χ0) is 10.0. The Labute approximate surface area is 75.0 Å². The lowest BCUT2D eigenvalue weighted by atomic mass is 10.1. The Bertz CT molecular complexity index is 313. The molecule has 1 aromatic carbocycles. The van der Waals surface area contributed by atoms with Gasteiger partial charge in [0.2, 0.25) is 0 Å². The van der Waals surface area contributed by atoms with Gasteiger partial charge in [-0.15, -0.1) is 0 Å². The Morgan fingerprint density at radius 3 is 2.62 bits per heavy atom. The van der Waals surface area contributed by atoms with Gasteiger partial charge in [0.25, 0.3) is 0 Å². The molecule has 0 aliphatic heterocycles. The average Bonchev–Trinajstić information content (AvgIpc) is 2.06. The van der Waals surface area contributed by atoms with Crippen LogP contribution in [0.25, 0.3) is 0 Å². The molecule has 1 atom stereocenters. The van der Waals surface area contributed by atoms with Crippen molar-refractivity contribution in [2.45, 2.75) is 19.4 Å². The second-order valence-electron chi connectivity index (χ2n) is 3.05. The van der Waals surface area contributed by atoms with E-state index in [1.807, 2.05) is 0 Å². The van der Waals surface area contributed by atoms with Crippen LogP contribution in [0.2, 0.25) is 0 Å². The molecule has 0 radical (unpaired) electrons. The number of rotatable bonds is 2. The van der Waals surface area contributed by atoms with Crippen LogP contribution in [0, 0.1) is 11.6 Å². The molecule has 0 heterocycles. The lowest BCUT2D eigenvalue weighted by Crippen LogP contribution is -2.18. The van der Waals surface area contributed by atoms with E-state index in [9.17, 15) is 8.78 Å². The van der Waals surface area contributed by atoms with E-state index in [0.29, 0.717) is 0 Å². The van der Waals surface area contributed by atoms with Crippen LogP contribution >= 0.6 is 0 Å². The van der Waals surface area contributed by atoms with E-state index in [-0.39, 0.29) is 18.0 Å². The minimum absolute atomic E-state index is 0.223. The highest BCUT2D eigenvalue weighted by atomic mass is 19.1. The second-order valence-corrected chi connectivity index (χ2v) is 3.05. The Morgan fingerprint density at radius 1 is 1.46 bits per heavy atom. The summed E-state index contributed by atoms with van der Waals surface area (Å²) in [6, 6.07) is 2.09. The van der Waals surface area contributed by atoms with E-state index in [2.05, 4.69) is 0 Å². The third-order valence-electron chi connectivity index (χ3n) is 1.69. The van der Waals surface area contributed by atoms with Crippen molar-refractivity contribution in [3.63, 3.8) is 0 Å². The van der Waals surface area contributed by atoms with Crippen LogP contribution in [0.5, 0.6) is 5.75 Å². The Hall–Kier alpha value is -1.16. The molecule has 0 aliphatic carbocycles. The monoisotopic (exact) mass is 187 g/mol. The Morgan fingerprint density at radius 2 is 2.08 bits per heavy atom. The molecule has 0 amide bonds. The molecule has 1 unspecified atom stereocenters. The van der Waals surface area contributed by atoms with Gasteiger partial charge in [0.05, 0.1) is 0 Å². The van der Waals surface area contributed by atoms with Crippen molar-refractivity contribution in [2.75, 3.05) is 0 Å². The summed E-state index contributed by atoms with van der Waals surface area (Å²) >= 11 is 0. The maximum atomic E-state index is 13.1. The number of benzene rings is 1. The van der Waals surface area contributed by atoms with E-state index in [1.165, 1.54) is 6.07 Å². The van der Waals surface area contributed by atoms with Gasteiger partial charge in [-0.2, -0.15) is 0 Å². The Balaban J connectivity index is 3.04. The van der Waals surface area contributed by atoms with E-state index < -0.39 is 17.4 Å². The summed E-state index contributed by atoms with van der Waals surface area (Å²) in [6.45, 7) is 1.71. The zero-order valence-electron chi connectivity index (χ0n) is 7.22. The molecule has 0 fully saturated rings. The minimum atomic E-state index is -0.953. The summed E-state index contributed by atoms with van der Waals surface area (Å²) < 4.78 is 25.7. The Kier molecular flexibility index (Phi) is 2.83. The second kappa shape index (κ2) is 3.70. The van der Waals surface area contributed by atoms with Crippen molar-refractivity contribution in [1.29, 1.82) is 0 Å². The van der Waals surface area contributed by atoms with Gasteiger partial charge in [0.15, 0.2) is 17.4 Å². The third-order valence-corrected chi connectivity index (χ3v) is 1.69. The first-order valence-corrected chi connectivity index (χ1v) is 3.93. The van der Waals surface area contributed by atoms with Crippen LogP contribution in [0.15, 0.2) is 12.1 Å². The minimum Gasteiger partial charge on any atom is -0.503 e. The molecule has 0 bridgehead atoms. The largest absolute Gasteiger partial charge is 0.503 e. The molecular weight excluding hydrogens is 176 g/mol. The smallest absolute Gasteiger partial charge is 0.188 e. The molecule has 0 saturated heterocycles. The highest BCUT2D eigenvalue weighted by Gasteiger charge is 2.12. The molecule has 4 heteroatoms. The van der Waals surface area contributed by atoms with Crippen molar-refractivity contribution < 1.29 is 13.9 Å². The van der Waals surface area contributed by atoms with Gasteiger partial charge in [0.1, 0.15) is 0 Å². The number of aromatic hydroxyl groups is 1. The molecule has 0 aromatic heterocycles. The highest BCUT2D eigenvalue weighted by molar-refractivity contribution is 5.31. The van der Waals surface area contributed by atoms with E-state index in [1.54, 1.807) is 6.92 Å². The average molecular weight is 187 g/mol. The standard InChI is InChI=1S/C9H11F2NO/c1-5(12)4-6-2-3-7(10)9(13)8(6)11/h2-3,5,13H,4,12H2,1H3. The quantitative estimate of drug-likeness (QED) is 0.738. The van der Waals surface area contributed by atoms with Crippen molar-refractivity contribution in [2.24, 2.45) is 5.73 Å². The van der Waals surface area contributed by atoms with Crippen LogP contribution in [0.1, 0.15) is 12.5 Å². The fourth-order valence-corrected chi connectivity index (χ4v) is 1.09. The van der Waals surface area contributed by atoms with Crippen LogP contribution in [0.4, 0.5) is 8.78 Å². The predicted molar refractivity (Wildman–Crippen MR) is 45.4 cm³/mol. The van der Waals surface area contributed by atoms with Crippen LogP contribution in [0.3, 0.4) is 0 Å². The van der Waals surface area contributed by atoms with Gasteiger partial charge in [-0.1, -0.05) is 6.07 Å². The van der Waals surface area contributed by atoms with E-state index >= 15 is 0 Å². The summed E-state index contributed by atoms with van der Waals surface area (Å²) in [5.41, 5.74) is 5.67. The SMILES string of the molecule is CC(N)Cc1ccc(F)c(O)c1F. The maximum Gasteiger partial charge on any atom is 0.188 e. The summed E-state index contributed by atoms with van der Waals surface area (Å²) in [6.07, 6.45) is 0.277. The molecule has 13 heavy (non-hydrogen) atoms. The first-order chi connectivity index (χ1) is 6.02. The van der Waals surface area contributed by atoms with Crippen LogP contribution in [-0.4, -0.2) is 11.1 Å². The first kappa shape index (κ1) is 9.92. The molecule has 0 saturated carbocycles. The molecule has 3 N–H and O–H groups in total. The van der Waals surface area contributed by atoms with Crippen LogP contribution in [-0.2, 0) is 6.42 Å². The van der Waals surface area contributed by atoms with E-state index in [0.717, 1.165) is 6.07 Å². The van der Waals surface area contributed by atoms with Gasteiger partial charge < -0.3 is 10.8 Å². The predicted octanol–water partition coefficient (Wildman–Crippen LogP) is 1.56. The number of phenolic OH excluding ortho intramolecular Hbond substituents is 1. The van der Waals surface area contributed by atoms with Crippen molar-refractivity contribution in [3.05, 3.63) is 29.3 Å². The van der Waals surface area contributed by atoms with E-state index in [4.69, 9.17) is 10.8 Å². The molecule has 0 aliphatic rings. The summed E-state index contributed by atoms with van der Waals surface area (Å²) in [5.74, 6) is -2.80. The van der Waals surface area contributed by atoms with Crippen molar-refractivity contribution >= 4 is 0 Å². The fraction of sp³-hybridized carbons (Fsp3) is 0.333. The number of hydrogen-bond acceptors (Lipinski definition) is 2. The molecule has 72 valence electrons. The fourth-order valence-electron chi connectivity index (χ4n) is 1.09. The van der Waals surface area contributed by atoms with Gasteiger partial charge in [-0.05, 0) is 25.0 Å². The lowest BCUT2D eigenvalue weighted by molar-refractivity contribution is 0.392. The molecule has 2 nitrogen and oxygen atoms in total. The molecule has 1 aromatic rings. The van der Waals surface area contributed by atoms with Gasteiger partial charge >= 0.3 is 0 Å². The summed E-state index contributed by atoms with van der Waals surface area (Å²) in [4.78, 5) is 0. The number of hydrogen-bond donors (Lipinski definition) is 2. The zero-order valence-corrected chi connectivity index (χ0v) is 7.22. The molecular formula is C9H11F2NO. The number of phenols is 1. The summed E-state index contributed by atoms with van der Waals surface area (Å²) in [5, 5.41) is 8.91. The normalized spacial score (nSPS) is 12.9. The van der Waals surface area contributed by atoms with Crippen LogP contribution < -0.4 is 5.73 Å². The number of nitrogens with two attached hydrogens (primary N) is 1. The first-order valence-electron chi connectivity index (χ1n) is 3.93. The van der Waals surface area contributed by atoms with Crippen molar-refractivity contribution in [3.8, 4) is 5.75 Å². The molecule has 1 rings (SSSR count).